The fourth-order valence-corrected chi connectivity index (χ4v) is 5.13. The lowest BCUT2D eigenvalue weighted by molar-refractivity contribution is -0.139. The van der Waals surface area contributed by atoms with Crippen LogP contribution in [0.2, 0.25) is 0 Å². The number of amides is 2. The molecule has 5 rings (SSSR count). The Kier molecular flexibility index (Phi) is 9.51. The van der Waals surface area contributed by atoms with Gasteiger partial charge in [0, 0.05) is 31.0 Å². The van der Waals surface area contributed by atoms with Crippen LogP contribution in [0.15, 0.2) is 103 Å². The second kappa shape index (κ2) is 13.8. The molecule has 0 radical (unpaired) electrons. The first-order valence-corrected chi connectivity index (χ1v) is 14.3. The Hall–Kier alpha value is -4.62. The van der Waals surface area contributed by atoms with Crippen molar-refractivity contribution in [3.8, 4) is 5.75 Å². The van der Waals surface area contributed by atoms with E-state index in [1.165, 1.54) is 0 Å². The maximum Gasteiger partial charge on any atom is 0.251 e. The van der Waals surface area contributed by atoms with Crippen LogP contribution in [-0.2, 0) is 27.3 Å². The summed E-state index contributed by atoms with van der Waals surface area (Å²) in [6.07, 6.45) is 0.181. The van der Waals surface area contributed by atoms with E-state index >= 15 is 0 Å². The number of methoxy groups -OCH3 is 1. The number of aryl methyl sites for hydroxylation is 1. The monoisotopic (exact) mass is 563 g/mol. The molecule has 2 amide bonds. The molecule has 0 aromatic heterocycles. The van der Waals surface area contributed by atoms with Crippen LogP contribution < -0.4 is 15.0 Å². The second-order valence-corrected chi connectivity index (χ2v) is 10.5. The number of rotatable bonds is 10. The number of nitrogens with zero attached hydrogens (tertiary/aromatic N) is 2. The summed E-state index contributed by atoms with van der Waals surface area (Å²) in [7, 11) is 1.62. The minimum absolute atomic E-state index is 0.139. The van der Waals surface area contributed by atoms with Gasteiger partial charge >= 0.3 is 0 Å². The summed E-state index contributed by atoms with van der Waals surface area (Å²) in [6.45, 7) is 5.35. The molecule has 4 aromatic carbocycles. The van der Waals surface area contributed by atoms with Crippen LogP contribution >= 0.6 is 0 Å². The van der Waals surface area contributed by atoms with Crippen LogP contribution in [0.3, 0.4) is 0 Å². The first kappa shape index (κ1) is 28.9. The molecule has 1 atom stereocenters. The highest BCUT2D eigenvalue weighted by Gasteiger charge is 2.32. The number of nitrogens with one attached hydrogen (secondary N) is 1. The number of benzene rings is 4. The molecular weight excluding hydrogens is 526 g/mol. The van der Waals surface area contributed by atoms with Gasteiger partial charge in [-0.05, 0) is 60.0 Å². The zero-order chi connectivity index (χ0) is 29.3. The molecule has 7 heteroatoms. The highest BCUT2D eigenvalue weighted by molar-refractivity contribution is 5.98. The van der Waals surface area contributed by atoms with Crippen molar-refractivity contribution in [2.45, 2.75) is 25.9 Å². The Balaban J connectivity index is 1.46. The van der Waals surface area contributed by atoms with Crippen LogP contribution in [0.25, 0.3) is 0 Å². The molecular formula is C35H37N3O4. The number of hydrogen-bond acceptors (Lipinski definition) is 5. The van der Waals surface area contributed by atoms with Crippen molar-refractivity contribution in [3.63, 3.8) is 0 Å². The maximum atomic E-state index is 14.1. The van der Waals surface area contributed by atoms with E-state index in [9.17, 15) is 9.59 Å². The molecule has 4 aromatic rings. The zero-order valence-electron chi connectivity index (χ0n) is 24.2. The van der Waals surface area contributed by atoms with Crippen molar-refractivity contribution in [2.24, 2.45) is 0 Å². The molecule has 0 spiro atoms. The Bertz CT molecular complexity index is 1450. The van der Waals surface area contributed by atoms with Crippen LogP contribution in [0, 0.1) is 6.92 Å². The number of ether oxygens (including phenoxy) is 2. The minimum atomic E-state index is -0.845. The number of carbonyl (C=O) groups excluding carboxylic acids is 2. The molecule has 0 aliphatic carbocycles. The number of carbonyl (C=O) groups is 2. The Labute approximate surface area is 247 Å². The van der Waals surface area contributed by atoms with Gasteiger partial charge in [0.25, 0.3) is 5.91 Å². The lowest BCUT2D eigenvalue weighted by Gasteiger charge is -2.32. The largest absolute Gasteiger partial charge is 0.497 e. The van der Waals surface area contributed by atoms with Crippen molar-refractivity contribution in [1.82, 2.24) is 4.90 Å². The molecule has 1 N–H and O–H groups in total. The van der Waals surface area contributed by atoms with Gasteiger partial charge in [0.2, 0.25) is 5.91 Å². The SMILES string of the molecule is COc1ccc(CN(C(=O)Cc2ccccc2)C(C(=O)Nc2ccc(N3CCOCC3)cc2)c2ccc(C)cc2)cc1. The smallest absolute Gasteiger partial charge is 0.251 e. The molecule has 1 heterocycles. The lowest BCUT2D eigenvalue weighted by atomic mass is 10.00. The van der Waals surface area contributed by atoms with E-state index in [1.54, 1.807) is 12.0 Å². The van der Waals surface area contributed by atoms with Gasteiger partial charge in [-0.3, -0.25) is 9.59 Å². The Morgan fingerprint density at radius 1 is 0.857 bits per heavy atom. The third kappa shape index (κ3) is 7.36. The van der Waals surface area contributed by atoms with E-state index in [2.05, 4.69) is 10.2 Å². The topological polar surface area (TPSA) is 71.1 Å². The predicted octanol–water partition coefficient (Wildman–Crippen LogP) is 5.79. The first-order chi connectivity index (χ1) is 20.5. The molecule has 0 bridgehead atoms. The van der Waals surface area contributed by atoms with Crippen LogP contribution in [0.5, 0.6) is 5.75 Å². The quantitative estimate of drug-likeness (QED) is 0.264. The summed E-state index contributed by atoms with van der Waals surface area (Å²) in [4.78, 5) is 32.1. The van der Waals surface area contributed by atoms with E-state index in [1.807, 2.05) is 110 Å². The van der Waals surface area contributed by atoms with E-state index in [0.717, 1.165) is 46.8 Å². The van der Waals surface area contributed by atoms with E-state index in [-0.39, 0.29) is 24.8 Å². The average Bonchev–Trinajstić information content (AvgIpc) is 3.03. The zero-order valence-corrected chi connectivity index (χ0v) is 24.2. The third-order valence-corrected chi connectivity index (χ3v) is 7.49. The van der Waals surface area contributed by atoms with Crippen molar-refractivity contribution in [1.29, 1.82) is 0 Å². The summed E-state index contributed by atoms with van der Waals surface area (Å²) in [5.74, 6) is 0.322. The fraction of sp³-hybridized carbons (Fsp3) is 0.257. The molecule has 1 unspecified atom stereocenters. The fourth-order valence-electron chi connectivity index (χ4n) is 5.13. The molecule has 216 valence electrons. The van der Waals surface area contributed by atoms with Gasteiger partial charge < -0.3 is 24.6 Å². The van der Waals surface area contributed by atoms with Crippen molar-refractivity contribution >= 4 is 23.2 Å². The average molecular weight is 564 g/mol. The van der Waals surface area contributed by atoms with Crippen molar-refractivity contribution < 1.29 is 19.1 Å². The highest BCUT2D eigenvalue weighted by atomic mass is 16.5. The molecule has 42 heavy (non-hydrogen) atoms. The summed E-state index contributed by atoms with van der Waals surface area (Å²) in [6, 6.07) is 32.0. The van der Waals surface area contributed by atoms with Gasteiger partial charge in [-0.1, -0.05) is 72.3 Å². The van der Waals surface area contributed by atoms with Crippen molar-refractivity contribution in [2.75, 3.05) is 43.6 Å². The summed E-state index contributed by atoms with van der Waals surface area (Å²) < 4.78 is 10.8. The number of anilines is 2. The lowest BCUT2D eigenvalue weighted by Crippen LogP contribution is -2.41. The molecule has 1 aliphatic rings. The van der Waals surface area contributed by atoms with Gasteiger partial charge in [0.05, 0.1) is 26.7 Å². The summed E-state index contributed by atoms with van der Waals surface area (Å²) >= 11 is 0. The highest BCUT2D eigenvalue weighted by Crippen LogP contribution is 2.28. The van der Waals surface area contributed by atoms with Gasteiger partial charge in [-0.15, -0.1) is 0 Å². The second-order valence-electron chi connectivity index (χ2n) is 10.5. The summed E-state index contributed by atoms with van der Waals surface area (Å²) in [5, 5.41) is 3.09. The molecule has 1 saturated heterocycles. The molecule has 0 saturated carbocycles. The number of hydrogen-bond donors (Lipinski definition) is 1. The van der Waals surface area contributed by atoms with Gasteiger partial charge in [-0.25, -0.2) is 0 Å². The van der Waals surface area contributed by atoms with Crippen LogP contribution in [0.1, 0.15) is 28.3 Å². The van der Waals surface area contributed by atoms with Crippen molar-refractivity contribution in [3.05, 3.63) is 125 Å². The van der Waals surface area contributed by atoms with Crippen LogP contribution in [0.4, 0.5) is 11.4 Å². The first-order valence-electron chi connectivity index (χ1n) is 14.3. The molecule has 1 aliphatic heterocycles. The van der Waals surface area contributed by atoms with E-state index in [4.69, 9.17) is 9.47 Å². The van der Waals surface area contributed by atoms with Gasteiger partial charge in [0.1, 0.15) is 11.8 Å². The normalized spacial score (nSPS) is 13.7. The van der Waals surface area contributed by atoms with Gasteiger partial charge in [0.15, 0.2) is 0 Å². The third-order valence-electron chi connectivity index (χ3n) is 7.49. The Morgan fingerprint density at radius 2 is 1.52 bits per heavy atom. The minimum Gasteiger partial charge on any atom is -0.497 e. The van der Waals surface area contributed by atoms with E-state index < -0.39 is 6.04 Å². The standard InChI is InChI=1S/C35H37N3O4/c1-26-8-12-29(13-9-26)34(35(40)36-30-14-16-31(17-15-30)37-20-22-42-23-21-37)38(25-28-10-18-32(41-2)19-11-28)33(39)24-27-6-4-3-5-7-27/h3-19,34H,20-25H2,1-2H3,(H,36,40). The molecule has 7 nitrogen and oxygen atoms in total. The Morgan fingerprint density at radius 3 is 2.17 bits per heavy atom. The van der Waals surface area contributed by atoms with Gasteiger partial charge in [-0.2, -0.15) is 0 Å². The summed E-state index contributed by atoms with van der Waals surface area (Å²) in [5.41, 5.74) is 5.38. The van der Waals surface area contributed by atoms with E-state index in [0.29, 0.717) is 18.9 Å². The van der Waals surface area contributed by atoms with Crippen LogP contribution in [-0.4, -0.2) is 50.1 Å². The maximum absolute atomic E-state index is 14.1. The molecule has 1 fully saturated rings. The predicted molar refractivity (Wildman–Crippen MR) is 166 cm³/mol. The number of morpholine rings is 1.